The Hall–Kier alpha value is 0.0249. The van der Waals surface area contributed by atoms with E-state index >= 15 is 0 Å². The third-order valence-electron chi connectivity index (χ3n) is 6.91. The van der Waals surface area contributed by atoms with Crippen molar-refractivity contribution in [2.24, 2.45) is 11.8 Å². The van der Waals surface area contributed by atoms with Crippen molar-refractivity contribution in [2.45, 2.75) is 108 Å². The molecule has 0 radical (unpaired) electrons. The van der Waals surface area contributed by atoms with Crippen LogP contribution in [-0.2, 0) is 0 Å². The minimum atomic E-state index is 0.928. The highest BCUT2D eigenvalue weighted by Crippen LogP contribution is 2.44. The van der Waals surface area contributed by atoms with Gasteiger partial charge in [-0.3, -0.25) is 0 Å². The van der Waals surface area contributed by atoms with E-state index in [0.29, 0.717) is 0 Å². The van der Waals surface area contributed by atoms with Crippen LogP contribution in [0.3, 0.4) is 0 Å². The third-order valence-corrected chi connectivity index (χ3v) is 6.91. The smallest absolute Gasteiger partial charge is 0.186 e. The third kappa shape index (κ3) is 3.87. The summed E-state index contributed by atoms with van der Waals surface area (Å²) >= 11 is 0. The summed E-state index contributed by atoms with van der Waals surface area (Å²) < 4.78 is 0. The first-order valence-corrected chi connectivity index (χ1v) is 10.1. The molecule has 3 aliphatic rings. The predicted octanol–water partition coefficient (Wildman–Crippen LogP) is 4.70. The molecule has 120 valence electrons. The van der Waals surface area contributed by atoms with Gasteiger partial charge in [0.1, 0.15) is 0 Å². The van der Waals surface area contributed by atoms with E-state index in [1.807, 2.05) is 0 Å². The second-order valence-corrected chi connectivity index (χ2v) is 8.17. The van der Waals surface area contributed by atoms with Crippen molar-refractivity contribution in [1.82, 2.24) is 4.81 Å². The summed E-state index contributed by atoms with van der Waals surface area (Å²) in [6.45, 7) is 0. The van der Waals surface area contributed by atoms with Crippen molar-refractivity contribution in [3.63, 3.8) is 0 Å². The van der Waals surface area contributed by atoms with Crippen LogP contribution in [0.4, 0.5) is 0 Å². The fourth-order valence-corrected chi connectivity index (χ4v) is 5.77. The zero-order valence-electron chi connectivity index (χ0n) is 14.4. The molecule has 3 fully saturated rings. The van der Waals surface area contributed by atoms with Gasteiger partial charge in [-0.15, -0.1) is 0 Å². The molecule has 2 aliphatic carbocycles. The molecule has 3 rings (SSSR count). The minimum Gasteiger partial charge on any atom is -0.343 e. The van der Waals surface area contributed by atoms with Crippen LogP contribution in [0.2, 0.25) is 0 Å². The second kappa shape index (κ2) is 8.04. The van der Waals surface area contributed by atoms with Gasteiger partial charge >= 0.3 is 0 Å². The molecule has 1 aliphatic heterocycles. The van der Waals surface area contributed by atoms with Gasteiger partial charge in [0.15, 0.2) is 7.98 Å². The van der Waals surface area contributed by atoms with Crippen molar-refractivity contribution in [3.8, 4) is 0 Å². The Morgan fingerprint density at radius 2 is 0.810 bits per heavy atom. The van der Waals surface area contributed by atoms with Gasteiger partial charge in [0.2, 0.25) is 0 Å². The molecule has 0 spiro atoms. The lowest BCUT2D eigenvalue weighted by molar-refractivity contribution is 0.265. The van der Waals surface area contributed by atoms with E-state index in [1.54, 1.807) is 0 Å². The number of hydrogen-bond acceptors (Lipinski definition) is 1. The Labute approximate surface area is 133 Å². The molecular weight excluding hydrogens is 253 g/mol. The maximum absolute atomic E-state index is 2.86. The zero-order valence-corrected chi connectivity index (χ0v) is 14.4. The summed E-state index contributed by atoms with van der Waals surface area (Å²) in [5, 5.41) is 0. The Kier molecular flexibility index (Phi) is 6.09. The average molecular weight is 289 g/mol. The molecule has 1 heterocycles. The van der Waals surface area contributed by atoms with Crippen molar-refractivity contribution >= 4 is 7.98 Å². The van der Waals surface area contributed by atoms with Crippen molar-refractivity contribution < 1.29 is 0 Å². The monoisotopic (exact) mass is 289 g/mol. The molecule has 1 saturated heterocycles. The summed E-state index contributed by atoms with van der Waals surface area (Å²) in [4.78, 5) is 2.86. The van der Waals surface area contributed by atoms with Gasteiger partial charge in [-0.1, -0.05) is 70.6 Å². The van der Waals surface area contributed by atoms with Crippen LogP contribution in [0, 0.1) is 11.8 Å². The molecule has 21 heavy (non-hydrogen) atoms. The maximum Gasteiger partial charge on any atom is 0.186 e. The van der Waals surface area contributed by atoms with Gasteiger partial charge in [0.05, 0.1) is 0 Å². The van der Waals surface area contributed by atoms with E-state index in [9.17, 15) is 0 Å². The Morgan fingerprint density at radius 3 is 1.24 bits per heavy atom. The van der Waals surface area contributed by atoms with Crippen LogP contribution in [0.25, 0.3) is 0 Å². The summed E-state index contributed by atoms with van der Waals surface area (Å²) in [5.74, 6) is 2.08. The molecule has 0 N–H and O–H groups in total. The number of nitrogens with zero attached hydrogens (tertiary/aromatic N) is 1. The maximum atomic E-state index is 2.86. The molecule has 4 atom stereocenters. The molecule has 0 amide bonds. The highest BCUT2D eigenvalue weighted by atomic mass is 15.1. The van der Waals surface area contributed by atoms with Crippen LogP contribution in [0.5, 0.6) is 0 Å². The van der Waals surface area contributed by atoms with Crippen LogP contribution >= 0.6 is 0 Å². The minimum absolute atomic E-state index is 0.928. The van der Waals surface area contributed by atoms with Crippen LogP contribution in [0.1, 0.15) is 96.3 Å². The number of fused-ring (bicyclic) bond motifs is 3. The number of rotatable bonds is 0. The SMILES string of the molecule is BN1C2CCCCCCCCC2C2CCCCCCCC21. The van der Waals surface area contributed by atoms with Gasteiger partial charge in [-0.2, -0.15) is 0 Å². The summed E-state index contributed by atoms with van der Waals surface area (Å²) in [6, 6.07) is 1.86. The van der Waals surface area contributed by atoms with Gasteiger partial charge < -0.3 is 4.81 Å². The summed E-state index contributed by atoms with van der Waals surface area (Å²) in [5.41, 5.74) is 0. The average Bonchev–Trinajstić information content (AvgIpc) is 2.81. The van der Waals surface area contributed by atoms with E-state index in [-0.39, 0.29) is 0 Å². The molecule has 0 bridgehead atoms. The molecule has 0 aromatic carbocycles. The van der Waals surface area contributed by atoms with Crippen molar-refractivity contribution in [2.75, 3.05) is 0 Å². The van der Waals surface area contributed by atoms with Crippen LogP contribution in [0.15, 0.2) is 0 Å². The van der Waals surface area contributed by atoms with E-state index in [0.717, 1.165) is 23.9 Å². The molecule has 2 saturated carbocycles. The molecule has 1 nitrogen and oxygen atoms in total. The molecule has 0 aromatic rings. The molecule has 4 unspecified atom stereocenters. The fourth-order valence-electron chi connectivity index (χ4n) is 5.77. The standard InChI is InChI=1S/C19H36BN/c20-21-18-14-10-6-2-1-4-8-12-16(18)17-13-9-5-3-7-11-15-19(17)21/h16-19H,1-15,20H2. The van der Waals surface area contributed by atoms with E-state index < -0.39 is 0 Å². The van der Waals surface area contributed by atoms with Crippen LogP contribution < -0.4 is 0 Å². The normalized spacial score (nSPS) is 40.4. The van der Waals surface area contributed by atoms with Gasteiger partial charge in [0, 0.05) is 12.1 Å². The highest BCUT2D eigenvalue weighted by molar-refractivity contribution is 6.05. The lowest BCUT2D eigenvalue weighted by atomic mass is 9.78. The topological polar surface area (TPSA) is 3.24 Å². The highest BCUT2D eigenvalue weighted by Gasteiger charge is 2.44. The first-order chi connectivity index (χ1) is 10.4. The first kappa shape index (κ1) is 15.9. The Morgan fingerprint density at radius 1 is 0.476 bits per heavy atom. The summed E-state index contributed by atoms with van der Waals surface area (Å²) in [6.07, 6.45) is 22.6. The Balaban J connectivity index is 1.73. The lowest BCUT2D eigenvalue weighted by Gasteiger charge is -2.29. The first-order valence-electron chi connectivity index (χ1n) is 10.1. The summed E-state index contributed by atoms with van der Waals surface area (Å²) in [7, 11) is 2.48. The largest absolute Gasteiger partial charge is 0.343 e. The predicted molar refractivity (Wildman–Crippen MR) is 94.2 cm³/mol. The van der Waals surface area contributed by atoms with E-state index in [2.05, 4.69) is 12.8 Å². The van der Waals surface area contributed by atoms with E-state index in [4.69, 9.17) is 0 Å². The fraction of sp³-hybridized carbons (Fsp3) is 1.00. The molecular formula is C19H36BN. The van der Waals surface area contributed by atoms with Gasteiger partial charge in [-0.05, 0) is 37.5 Å². The van der Waals surface area contributed by atoms with Crippen molar-refractivity contribution in [3.05, 3.63) is 0 Å². The Bertz CT molecular complexity index is 306. The van der Waals surface area contributed by atoms with Crippen LogP contribution in [-0.4, -0.2) is 24.9 Å². The van der Waals surface area contributed by atoms with Gasteiger partial charge in [0.25, 0.3) is 0 Å². The zero-order chi connectivity index (χ0) is 14.5. The second-order valence-electron chi connectivity index (χ2n) is 8.17. The lowest BCUT2D eigenvalue weighted by Crippen LogP contribution is -2.36. The van der Waals surface area contributed by atoms with Crippen molar-refractivity contribution in [1.29, 1.82) is 0 Å². The molecule has 2 heteroatoms. The molecule has 0 aromatic heterocycles. The van der Waals surface area contributed by atoms with E-state index in [1.165, 1.54) is 96.3 Å². The van der Waals surface area contributed by atoms with Gasteiger partial charge in [-0.25, -0.2) is 0 Å². The quantitative estimate of drug-likeness (QED) is 0.584. The number of hydrogen-bond donors (Lipinski definition) is 0.